The van der Waals surface area contributed by atoms with Crippen molar-refractivity contribution < 1.29 is 4.74 Å². The van der Waals surface area contributed by atoms with Crippen LogP contribution in [0.15, 0.2) is 162 Å². The number of rotatable bonds is 3. The summed E-state index contributed by atoms with van der Waals surface area (Å²) in [5.41, 5.74) is 20.9. The summed E-state index contributed by atoms with van der Waals surface area (Å²) in [7, 11) is 0. The van der Waals surface area contributed by atoms with E-state index in [1.165, 1.54) is 129 Å². The van der Waals surface area contributed by atoms with E-state index < -0.39 is 0 Å². The number of nitrogens with one attached hydrogen (secondary N) is 1. The molecule has 0 radical (unpaired) electrons. The fourth-order valence-corrected chi connectivity index (χ4v) is 14.5. The van der Waals surface area contributed by atoms with Gasteiger partial charge in [0.05, 0.1) is 11.3 Å². The summed E-state index contributed by atoms with van der Waals surface area (Å²) in [5.74, 6) is 0.849. The summed E-state index contributed by atoms with van der Waals surface area (Å²) in [6, 6.07) is 46.9. The fraction of sp³-hybridized carbons (Fsp3) is 0.259. The van der Waals surface area contributed by atoms with E-state index in [2.05, 4.69) is 145 Å². The lowest BCUT2D eigenvalue weighted by molar-refractivity contribution is 0.145. The van der Waals surface area contributed by atoms with Gasteiger partial charge in [0.25, 0.3) is 0 Å². The number of hydrogen-bond acceptors (Lipinski definition) is 4. The summed E-state index contributed by atoms with van der Waals surface area (Å²) < 4.78 is 9.25. The molecule has 0 saturated heterocycles. The lowest BCUT2D eigenvalue weighted by Gasteiger charge is -2.37. The van der Waals surface area contributed by atoms with Gasteiger partial charge in [-0.1, -0.05) is 154 Å². The highest BCUT2D eigenvalue weighted by Crippen LogP contribution is 2.63. The van der Waals surface area contributed by atoms with Gasteiger partial charge in [0.15, 0.2) is 5.88 Å². The van der Waals surface area contributed by atoms with E-state index in [0.29, 0.717) is 0 Å². The van der Waals surface area contributed by atoms with Crippen LogP contribution in [0.2, 0.25) is 0 Å². The Morgan fingerprint density at radius 1 is 0.597 bits per heavy atom. The van der Waals surface area contributed by atoms with Crippen LogP contribution in [-0.2, 0) is 15.6 Å². The maximum Gasteiger partial charge on any atom is 0.199 e. The second-order valence-electron chi connectivity index (χ2n) is 19.0. The van der Waals surface area contributed by atoms with Crippen LogP contribution in [0.5, 0.6) is 0 Å². The maximum absolute atomic E-state index is 6.66. The van der Waals surface area contributed by atoms with Crippen LogP contribution in [-0.4, -0.2) is 11.8 Å². The van der Waals surface area contributed by atoms with Crippen LogP contribution in [0.1, 0.15) is 110 Å². The van der Waals surface area contributed by atoms with Gasteiger partial charge in [-0.3, -0.25) is 4.99 Å². The lowest BCUT2D eigenvalue weighted by atomic mass is 9.66. The maximum atomic E-state index is 6.66. The molecule has 7 aromatic rings. The molecule has 6 aromatic carbocycles. The van der Waals surface area contributed by atoms with Crippen LogP contribution in [0.3, 0.4) is 0 Å². The first-order valence-corrected chi connectivity index (χ1v) is 24.1. The van der Waals surface area contributed by atoms with E-state index in [4.69, 9.17) is 9.73 Å². The minimum atomic E-state index is -0.269. The van der Waals surface area contributed by atoms with Gasteiger partial charge in [-0.25, -0.2) is 0 Å². The van der Waals surface area contributed by atoms with Gasteiger partial charge in [0.2, 0.25) is 0 Å². The second-order valence-corrected chi connectivity index (χ2v) is 20.1. The third-order valence-corrected chi connectivity index (χ3v) is 17.2. The number of fused-ring (bicyclic) bond motifs is 15. The molecule has 1 aromatic heterocycles. The molecule has 2 aliphatic heterocycles. The quantitative estimate of drug-likeness (QED) is 0.193. The minimum absolute atomic E-state index is 0.0219. The molecule has 0 amide bonds. The molecule has 2 spiro atoms. The second kappa shape index (κ2) is 13.3. The number of benzene rings is 6. The van der Waals surface area contributed by atoms with Crippen LogP contribution in [0, 0.1) is 0 Å². The number of nitrogens with zero attached hydrogens (tertiary/aromatic N) is 1. The normalized spacial score (nSPS) is 22.1. The summed E-state index contributed by atoms with van der Waals surface area (Å²) in [4.78, 5) is 5.52. The molecule has 302 valence electrons. The van der Waals surface area contributed by atoms with Gasteiger partial charge < -0.3 is 10.1 Å². The van der Waals surface area contributed by atoms with Crippen molar-refractivity contribution in [1.29, 1.82) is 0 Å². The fourth-order valence-electron chi connectivity index (χ4n) is 13.3. The number of allylic oxidation sites excluding steroid dienone is 2. The predicted molar refractivity (Wildman–Crippen MR) is 256 cm³/mol. The van der Waals surface area contributed by atoms with E-state index in [1.807, 2.05) is 11.3 Å². The highest BCUT2D eigenvalue weighted by Gasteiger charge is 2.49. The van der Waals surface area contributed by atoms with E-state index in [-0.39, 0.29) is 23.1 Å². The Balaban J connectivity index is 0.919. The standard InChI is InChI=1S/C58H48N2OS/c1-4-16-35(17-5-1)53-52-40-19-7-9-25-49(40)61-56(52)60-55(59-53)41-22-14-21-39-43-32-36(26-27-50(43)62-54(39)41)37-20-15-24-46-51(37)44-34-47-42(33-48(44)58(46)30-12-3-13-31-58)38-18-6-8-23-45(38)57(47)28-10-2-11-29-57/h1,4-9,14-24,26-27,32-34,49,55,60H,2-3,10-13,25,28-31H2. The first-order chi connectivity index (χ1) is 30.7. The topological polar surface area (TPSA) is 33.6 Å². The Morgan fingerprint density at radius 2 is 1.32 bits per heavy atom. The molecule has 2 atom stereocenters. The third kappa shape index (κ3) is 4.85. The Morgan fingerprint density at radius 3 is 2.18 bits per heavy atom. The first-order valence-electron chi connectivity index (χ1n) is 23.3. The van der Waals surface area contributed by atoms with Gasteiger partial charge in [-0.15, -0.1) is 11.3 Å². The number of aliphatic imine (C=N–C) groups is 1. The van der Waals surface area contributed by atoms with Gasteiger partial charge in [-0.05, 0) is 106 Å². The predicted octanol–water partition coefficient (Wildman–Crippen LogP) is 14.8. The van der Waals surface area contributed by atoms with Crippen molar-refractivity contribution in [3.8, 4) is 33.4 Å². The van der Waals surface area contributed by atoms with E-state index in [9.17, 15) is 0 Å². The van der Waals surface area contributed by atoms with Crippen molar-refractivity contribution in [2.24, 2.45) is 4.99 Å². The number of ether oxygens (including phenoxy) is 1. The largest absolute Gasteiger partial charge is 0.470 e. The van der Waals surface area contributed by atoms with Crippen molar-refractivity contribution in [3.63, 3.8) is 0 Å². The molecule has 5 aliphatic carbocycles. The average Bonchev–Trinajstić information content (AvgIpc) is 4.05. The van der Waals surface area contributed by atoms with Crippen LogP contribution in [0.4, 0.5) is 0 Å². The summed E-state index contributed by atoms with van der Waals surface area (Å²) in [6.45, 7) is 0. The third-order valence-electron chi connectivity index (χ3n) is 16.0. The monoisotopic (exact) mass is 820 g/mol. The molecule has 3 heterocycles. The zero-order valence-electron chi connectivity index (χ0n) is 35.0. The molecular weight excluding hydrogens is 773 g/mol. The van der Waals surface area contributed by atoms with Gasteiger partial charge in [0, 0.05) is 54.1 Å². The highest BCUT2D eigenvalue weighted by molar-refractivity contribution is 7.26. The average molecular weight is 821 g/mol. The SMILES string of the molecule is C1=CCC2OC3=C(C2=C1)C(c1ccccc1)=NC(c1cccc2c1sc1ccc(-c4cccc5c4-c4cc6c(cc4C54CCCCC4)-c4ccccc4C64CCCCC4)cc12)N3. The smallest absolute Gasteiger partial charge is 0.199 e. The minimum Gasteiger partial charge on any atom is -0.470 e. The lowest BCUT2D eigenvalue weighted by Crippen LogP contribution is -2.29. The molecule has 0 bridgehead atoms. The first kappa shape index (κ1) is 35.6. The van der Waals surface area contributed by atoms with Crippen molar-refractivity contribution in [3.05, 3.63) is 190 Å². The zero-order valence-corrected chi connectivity index (χ0v) is 35.8. The van der Waals surface area contributed by atoms with Crippen LogP contribution >= 0.6 is 11.3 Å². The summed E-state index contributed by atoms with van der Waals surface area (Å²) in [5, 5.41) is 6.39. The number of thiophene rings is 1. The zero-order chi connectivity index (χ0) is 40.6. The molecule has 2 fully saturated rings. The van der Waals surface area contributed by atoms with Crippen molar-refractivity contribution >= 4 is 37.2 Å². The molecule has 7 aliphatic rings. The van der Waals surface area contributed by atoms with Crippen LogP contribution < -0.4 is 5.32 Å². The molecule has 2 unspecified atom stereocenters. The molecular formula is C58H48N2OS. The van der Waals surface area contributed by atoms with Crippen molar-refractivity contribution in [1.82, 2.24) is 5.32 Å². The Hall–Kier alpha value is -5.97. The highest BCUT2D eigenvalue weighted by atomic mass is 32.1. The Labute approximate surface area is 367 Å². The van der Waals surface area contributed by atoms with E-state index in [0.717, 1.165) is 29.2 Å². The summed E-state index contributed by atoms with van der Waals surface area (Å²) in [6.07, 6.45) is 20.1. The van der Waals surface area contributed by atoms with E-state index >= 15 is 0 Å². The summed E-state index contributed by atoms with van der Waals surface area (Å²) >= 11 is 1.89. The van der Waals surface area contributed by atoms with Crippen LogP contribution in [0.25, 0.3) is 53.6 Å². The van der Waals surface area contributed by atoms with Gasteiger partial charge >= 0.3 is 0 Å². The Bertz CT molecular complexity index is 3180. The molecule has 1 N–H and O–H groups in total. The molecule has 62 heavy (non-hydrogen) atoms. The Kier molecular flexibility index (Phi) is 7.62. The number of hydrogen-bond donors (Lipinski definition) is 1. The molecule has 2 saturated carbocycles. The molecule has 14 rings (SSSR count). The molecule has 4 heteroatoms. The van der Waals surface area contributed by atoms with Gasteiger partial charge in [0.1, 0.15) is 12.3 Å². The van der Waals surface area contributed by atoms with Crippen molar-refractivity contribution in [2.75, 3.05) is 0 Å². The van der Waals surface area contributed by atoms with E-state index in [1.54, 1.807) is 22.3 Å². The molecule has 3 nitrogen and oxygen atoms in total. The van der Waals surface area contributed by atoms with Crippen molar-refractivity contribution in [2.45, 2.75) is 93.7 Å². The van der Waals surface area contributed by atoms with Gasteiger partial charge in [-0.2, -0.15) is 0 Å².